The van der Waals surface area contributed by atoms with Crippen molar-refractivity contribution >= 4 is 41.8 Å². The molecule has 13 nitrogen and oxygen atoms in total. The van der Waals surface area contributed by atoms with Gasteiger partial charge in [0.25, 0.3) is 0 Å². The van der Waals surface area contributed by atoms with Crippen LogP contribution in [-0.4, -0.2) is 74.7 Å². The van der Waals surface area contributed by atoms with E-state index in [-0.39, 0.29) is 53.7 Å². The van der Waals surface area contributed by atoms with E-state index in [0.29, 0.717) is 6.61 Å². The van der Waals surface area contributed by atoms with Crippen LogP contribution >= 0.6 is 19.6 Å². The summed E-state index contributed by atoms with van der Waals surface area (Å²) in [6.45, 7) is 6.68. The zero-order valence-electron chi connectivity index (χ0n) is 30.9. The van der Waals surface area contributed by atoms with Crippen LogP contribution in [0.25, 0.3) is 11.2 Å². The Balaban J connectivity index is 0.991. The molecule has 4 heterocycles. The first kappa shape index (κ1) is 39.0. The van der Waals surface area contributed by atoms with Gasteiger partial charge in [0, 0.05) is 5.75 Å². The highest BCUT2D eigenvalue weighted by Crippen LogP contribution is 2.59. The molecule has 2 aliphatic heterocycles. The lowest BCUT2D eigenvalue weighted by molar-refractivity contribution is -0.124. The molecule has 0 bridgehead atoms. The van der Waals surface area contributed by atoms with Gasteiger partial charge >= 0.3 is 7.82 Å². The third-order valence-corrected chi connectivity index (χ3v) is 12.2. The van der Waals surface area contributed by atoms with Crippen molar-refractivity contribution in [2.24, 2.45) is 5.41 Å². The van der Waals surface area contributed by atoms with Gasteiger partial charge in [-0.15, -0.1) is 0 Å². The number of nitrogen functional groups attached to an aromatic ring is 1. The van der Waals surface area contributed by atoms with E-state index >= 15 is 4.39 Å². The highest BCUT2D eigenvalue weighted by molar-refractivity contribution is 8.13. The number of benzene rings is 3. The molecule has 2 fully saturated rings. The van der Waals surface area contributed by atoms with Crippen LogP contribution in [0, 0.1) is 5.41 Å². The van der Waals surface area contributed by atoms with E-state index in [1.165, 1.54) is 17.8 Å². The highest BCUT2D eigenvalue weighted by Gasteiger charge is 2.61. The minimum absolute atomic E-state index is 0.0835. The van der Waals surface area contributed by atoms with Gasteiger partial charge in [0.1, 0.15) is 17.8 Å². The van der Waals surface area contributed by atoms with Crippen molar-refractivity contribution in [2.45, 2.75) is 57.4 Å². The van der Waals surface area contributed by atoms with Gasteiger partial charge in [-0.05, 0) is 44.4 Å². The normalized spacial score (nSPS) is 24.1. The van der Waals surface area contributed by atoms with Crippen LogP contribution < -0.4 is 10.5 Å². The zero-order chi connectivity index (χ0) is 38.8. The van der Waals surface area contributed by atoms with E-state index in [9.17, 15) is 9.36 Å². The molecule has 0 radical (unpaired) electrons. The van der Waals surface area contributed by atoms with Crippen molar-refractivity contribution < 1.29 is 41.5 Å². The first-order valence-electron chi connectivity index (χ1n) is 17.9. The summed E-state index contributed by atoms with van der Waals surface area (Å²) in [6, 6.07) is 29.8. The Morgan fingerprint density at radius 3 is 2.20 bits per heavy atom. The second-order valence-electron chi connectivity index (χ2n) is 14.0. The number of phosphoric acid groups is 1. The number of carbonyl (C=O) groups is 1. The first-order valence-corrected chi connectivity index (χ1v) is 20.3. The summed E-state index contributed by atoms with van der Waals surface area (Å²) in [5, 5.41) is -0.157. The summed E-state index contributed by atoms with van der Waals surface area (Å²) in [5.41, 5.74) is 4.99. The molecule has 3 aromatic carbocycles. The smallest absolute Gasteiger partial charge is 0.475 e. The molecule has 1 unspecified atom stereocenters. The van der Waals surface area contributed by atoms with Crippen molar-refractivity contribution in [3.8, 4) is 5.88 Å². The number of carbonyl (C=O) groups excluding carboxylic acids is 1. The molecule has 55 heavy (non-hydrogen) atoms. The number of hydrogen-bond donors (Lipinski definition) is 1. The van der Waals surface area contributed by atoms with Gasteiger partial charge in [0.15, 0.2) is 28.2 Å². The Kier molecular flexibility index (Phi) is 11.2. The number of imidazole rings is 1. The van der Waals surface area contributed by atoms with E-state index in [0.717, 1.165) is 28.5 Å². The van der Waals surface area contributed by atoms with Crippen molar-refractivity contribution in [1.82, 2.24) is 19.5 Å². The lowest BCUT2D eigenvalue weighted by Crippen LogP contribution is -2.44. The van der Waals surface area contributed by atoms with Gasteiger partial charge in [-0.25, -0.2) is 13.9 Å². The summed E-state index contributed by atoms with van der Waals surface area (Å²) in [7, 11) is -4.24. The van der Waals surface area contributed by atoms with Crippen LogP contribution in [0.15, 0.2) is 97.3 Å². The molecule has 7 rings (SSSR count). The number of ether oxygens (including phenoxy) is 3. The van der Waals surface area contributed by atoms with Crippen LogP contribution in [0.1, 0.15) is 50.6 Å². The molecule has 5 atom stereocenters. The second kappa shape index (κ2) is 15.7. The number of fused-ring (bicyclic) bond motifs is 2. The minimum Gasteiger partial charge on any atom is -0.476 e. The highest BCUT2D eigenvalue weighted by atomic mass is 32.2. The summed E-state index contributed by atoms with van der Waals surface area (Å²) in [4.78, 5) is 26.3. The maximum Gasteiger partial charge on any atom is 0.475 e. The third-order valence-electron chi connectivity index (χ3n) is 9.57. The molecule has 0 spiro atoms. The molecular formula is C39H43FN5O8PS. The van der Waals surface area contributed by atoms with E-state index in [1.54, 1.807) is 6.92 Å². The third kappa shape index (κ3) is 7.67. The predicted octanol–water partition coefficient (Wildman–Crippen LogP) is 7.27. The van der Waals surface area contributed by atoms with Gasteiger partial charge in [0.2, 0.25) is 11.8 Å². The lowest BCUT2D eigenvalue weighted by Gasteiger charge is -2.38. The number of halogens is 1. The number of rotatable bonds is 14. The van der Waals surface area contributed by atoms with Crippen molar-refractivity contribution in [3.05, 3.63) is 114 Å². The largest absolute Gasteiger partial charge is 0.476 e. The van der Waals surface area contributed by atoms with Crippen LogP contribution in [0.4, 0.5) is 10.3 Å². The first-order chi connectivity index (χ1) is 26.4. The standard InChI is InChI=1S/C39H43FN5O8PS/c1-5-48-33-30-32(43-36(41)44-33)45(25-42-30)34-38(4,40)31-29(52-34)23-51-54(47,53-31)50-21-22-55-35(46)37(2,3)24-49-39(26-15-9-6-10-16-26,27-17-11-7-12-18-27)28-19-13-8-14-20-28/h6-20,25,29,31,34H,5,21-24H2,1-4H3,(H2,41,43,44)/t29-,31-,34-,38-,54?/m1/s1. The van der Waals surface area contributed by atoms with Crippen LogP contribution in [-0.2, 0) is 38.0 Å². The predicted molar refractivity (Wildman–Crippen MR) is 205 cm³/mol. The fourth-order valence-corrected chi connectivity index (χ4v) is 9.21. The number of nitrogens with two attached hydrogens (primary N) is 1. The topological polar surface area (TPSA) is 159 Å². The quantitative estimate of drug-likeness (QED) is 0.0681. The van der Waals surface area contributed by atoms with Gasteiger partial charge in [0.05, 0.1) is 38.2 Å². The van der Waals surface area contributed by atoms with E-state index < -0.39 is 42.9 Å². The molecule has 0 amide bonds. The molecule has 0 aliphatic carbocycles. The molecular weight excluding hydrogens is 748 g/mol. The number of nitrogens with zero attached hydrogens (tertiary/aromatic N) is 4. The number of hydrogen-bond acceptors (Lipinski definition) is 13. The number of phosphoric ester groups is 1. The molecule has 2 aromatic heterocycles. The Morgan fingerprint density at radius 2 is 1.62 bits per heavy atom. The van der Waals surface area contributed by atoms with Crippen LogP contribution in [0.3, 0.4) is 0 Å². The van der Waals surface area contributed by atoms with Crippen LogP contribution in [0.5, 0.6) is 5.88 Å². The van der Waals surface area contributed by atoms with Gasteiger partial charge in [-0.3, -0.25) is 22.9 Å². The molecule has 2 saturated heterocycles. The monoisotopic (exact) mass is 791 g/mol. The fourth-order valence-electron chi connectivity index (χ4n) is 6.82. The van der Waals surface area contributed by atoms with E-state index in [1.807, 2.05) is 105 Å². The number of aromatic nitrogens is 4. The molecule has 5 aromatic rings. The summed E-state index contributed by atoms with van der Waals surface area (Å²) >= 11 is 1.02. The average molecular weight is 792 g/mol. The van der Waals surface area contributed by atoms with Gasteiger partial charge in [-0.2, -0.15) is 9.97 Å². The zero-order valence-corrected chi connectivity index (χ0v) is 32.6. The maximum absolute atomic E-state index is 16.6. The van der Waals surface area contributed by atoms with Crippen molar-refractivity contribution in [2.75, 3.05) is 37.9 Å². The average Bonchev–Trinajstić information content (AvgIpc) is 3.71. The second-order valence-corrected chi connectivity index (χ2v) is 16.7. The molecule has 2 aliphatic rings. The summed E-state index contributed by atoms with van der Waals surface area (Å²) in [6.07, 6.45) is -2.16. The molecule has 2 N–H and O–H groups in total. The van der Waals surface area contributed by atoms with E-state index in [4.69, 9.17) is 33.5 Å². The van der Waals surface area contributed by atoms with Crippen molar-refractivity contribution in [1.29, 1.82) is 0 Å². The number of anilines is 1. The molecule has 290 valence electrons. The lowest BCUT2D eigenvalue weighted by atomic mass is 9.79. The van der Waals surface area contributed by atoms with Gasteiger partial charge < -0.3 is 19.9 Å². The summed E-state index contributed by atoms with van der Waals surface area (Å²) in [5.74, 6) is 0.201. The Labute approximate surface area is 322 Å². The summed E-state index contributed by atoms with van der Waals surface area (Å²) < 4.78 is 66.8. The Hall–Kier alpha value is -4.21. The van der Waals surface area contributed by atoms with Crippen molar-refractivity contribution in [3.63, 3.8) is 0 Å². The minimum atomic E-state index is -4.24. The van der Waals surface area contributed by atoms with Crippen LogP contribution in [0.2, 0.25) is 0 Å². The Morgan fingerprint density at radius 1 is 1.02 bits per heavy atom. The Bertz CT molecular complexity index is 2060. The van der Waals surface area contributed by atoms with E-state index in [2.05, 4.69) is 15.0 Å². The maximum atomic E-state index is 16.6. The van der Waals surface area contributed by atoms with Gasteiger partial charge in [-0.1, -0.05) is 103 Å². The SMILES string of the molecule is CCOc1nc(N)nc2c1ncn2[C@@H]1O[C@@H]2COP(=O)(OCCSC(=O)C(C)(C)COC(c3ccccc3)(c3ccccc3)c3ccccc3)O[C@H]2[C@@]1(C)F. The fraction of sp³-hybridized carbons (Fsp3) is 0.385. The molecule has 16 heteroatoms. The molecule has 0 saturated carbocycles. The number of thioether (sulfide) groups is 1. The number of alkyl halides is 1.